The summed E-state index contributed by atoms with van der Waals surface area (Å²) < 4.78 is 0. The molecule has 2 aliphatic rings. The molecule has 0 spiro atoms. The first-order chi connectivity index (χ1) is 41.6. The van der Waals surface area contributed by atoms with E-state index < -0.39 is 119 Å². The van der Waals surface area contributed by atoms with Crippen LogP contribution in [0.15, 0.2) is 58.1 Å². The molecule has 18 N–H and O–H groups in total. The average Bonchev–Trinajstić information content (AvgIpc) is 3.24. The lowest BCUT2D eigenvalue weighted by Gasteiger charge is -2.39. The van der Waals surface area contributed by atoms with Crippen molar-refractivity contribution in [1.82, 2.24) is 30.6 Å². The average molecular weight is 1230 g/mol. The Labute approximate surface area is 496 Å². The Morgan fingerprint density at radius 1 is 0.534 bits per heavy atom. The highest BCUT2D eigenvalue weighted by molar-refractivity contribution is 6.01. The molecular formula is C53H64N14O21. The largest absolute Gasteiger partial charge is 0.481 e. The van der Waals surface area contributed by atoms with E-state index >= 15 is 0 Å². The minimum absolute atomic E-state index is 0.00296. The van der Waals surface area contributed by atoms with Crippen LogP contribution in [-0.2, 0) is 47.9 Å². The molecule has 0 bridgehead atoms. The quantitative estimate of drug-likeness (QED) is 0.0326. The molecule has 2 aromatic carbocycles. The molecule has 472 valence electrons. The van der Waals surface area contributed by atoms with E-state index in [0.717, 1.165) is 4.90 Å². The molecule has 35 heteroatoms. The van der Waals surface area contributed by atoms with Crippen molar-refractivity contribution in [2.75, 3.05) is 68.3 Å². The number of nitrogens with two attached hydrogens (primary N) is 2. The number of nitrogens with one attached hydrogen (secondary N) is 7. The van der Waals surface area contributed by atoms with Gasteiger partial charge in [-0.1, -0.05) is 0 Å². The monoisotopic (exact) mass is 1230 g/mol. The van der Waals surface area contributed by atoms with Gasteiger partial charge in [0.15, 0.2) is 23.0 Å². The first-order valence-corrected chi connectivity index (χ1v) is 27.0. The first-order valence-electron chi connectivity index (χ1n) is 27.0. The molecule has 0 saturated carbocycles. The zero-order valence-corrected chi connectivity index (χ0v) is 46.7. The van der Waals surface area contributed by atoms with Crippen LogP contribution < -0.4 is 63.9 Å². The molecule has 0 fully saturated rings. The minimum atomic E-state index is -1.48. The number of nitrogens with zero attached hydrogens (tertiary/aromatic N) is 5. The number of carboxylic acid groups (broad SMARTS) is 7. The van der Waals surface area contributed by atoms with Crippen molar-refractivity contribution in [3.8, 4) is 0 Å². The van der Waals surface area contributed by atoms with Crippen molar-refractivity contribution in [2.24, 2.45) is 0 Å². The van der Waals surface area contributed by atoms with E-state index in [1.807, 2.05) is 0 Å². The number of aromatic amines is 2. The molecular weight excluding hydrogens is 1170 g/mol. The van der Waals surface area contributed by atoms with Crippen LogP contribution in [0.2, 0.25) is 0 Å². The molecule has 4 heterocycles. The normalized spacial score (nSPS) is 14.5. The van der Waals surface area contributed by atoms with Gasteiger partial charge in [-0.15, -0.1) is 0 Å². The van der Waals surface area contributed by atoms with E-state index in [9.17, 15) is 77.3 Å². The summed E-state index contributed by atoms with van der Waals surface area (Å²) in [7, 11) is 0. The van der Waals surface area contributed by atoms with Crippen LogP contribution in [0.1, 0.15) is 104 Å². The van der Waals surface area contributed by atoms with Crippen LogP contribution in [0, 0.1) is 0 Å². The van der Waals surface area contributed by atoms with Gasteiger partial charge in [0.2, 0.25) is 29.6 Å². The van der Waals surface area contributed by atoms with E-state index in [1.165, 1.54) is 46.2 Å². The highest BCUT2D eigenvalue weighted by Crippen LogP contribution is 2.31. The molecule has 4 unspecified atom stereocenters. The summed E-state index contributed by atoms with van der Waals surface area (Å²) in [5.74, 6) is -11.9. The minimum Gasteiger partial charge on any atom is -0.481 e. The van der Waals surface area contributed by atoms with E-state index in [2.05, 4.69) is 46.5 Å². The Hall–Kier alpha value is -11.2. The highest BCUT2D eigenvalue weighted by atomic mass is 16.4. The van der Waals surface area contributed by atoms with E-state index in [0.29, 0.717) is 5.69 Å². The number of benzene rings is 2. The Balaban J connectivity index is 0.000000326. The van der Waals surface area contributed by atoms with E-state index in [-0.39, 0.29) is 149 Å². The first kappa shape index (κ1) is 67.6. The van der Waals surface area contributed by atoms with Crippen LogP contribution in [-0.4, -0.2) is 177 Å². The van der Waals surface area contributed by atoms with Crippen molar-refractivity contribution < 1.29 is 93.3 Å². The molecule has 2 aromatic heterocycles. The Morgan fingerprint density at radius 2 is 0.920 bits per heavy atom. The molecule has 5 amide bonds. The van der Waals surface area contributed by atoms with Crippen molar-refractivity contribution in [2.45, 2.75) is 108 Å². The number of fused-ring (bicyclic) bond motifs is 2. The molecule has 4 aromatic rings. The number of nitrogen functional groups attached to an aromatic ring is 2. The number of aromatic nitrogens is 4. The molecule has 0 saturated heterocycles. The summed E-state index contributed by atoms with van der Waals surface area (Å²) in [4.78, 5) is 185. The predicted octanol–water partition coefficient (Wildman–Crippen LogP) is -0.0360. The van der Waals surface area contributed by atoms with Crippen molar-refractivity contribution in [3.63, 3.8) is 0 Å². The van der Waals surface area contributed by atoms with Gasteiger partial charge in [0.1, 0.15) is 12.1 Å². The lowest BCUT2D eigenvalue weighted by atomic mass is 10.1. The summed E-state index contributed by atoms with van der Waals surface area (Å²) in [5.41, 5.74) is 10.5. The van der Waals surface area contributed by atoms with Gasteiger partial charge < -0.3 is 78.7 Å². The van der Waals surface area contributed by atoms with E-state index in [1.54, 1.807) is 12.1 Å². The van der Waals surface area contributed by atoms with Gasteiger partial charge in [-0.25, -0.2) is 9.59 Å². The number of hydrogen-bond donors (Lipinski definition) is 16. The summed E-state index contributed by atoms with van der Waals surface area (Å²) in [5, 5.41) is 76.8. The standard InChI is InChI=1S/C29H35N7O12.C24H29N7O9/c30-29-33-25-24(27(46)34-29)36(20(38)4-2-6-22(41)42)17(13-31-25)14-35(19(37)3-1-5-21(39)40)16-9-7-15(8-10-16)26(45)32-18(28(47)48)11-12-23(43)44;25-24-29-20-19(22(38)30-24)31(16(32)2-1-3-17(33)34)14(11-27-20)10-26-13-6-4-12(5-7-13)21(37)28-15(23(39)40)8-9-18(35)36/h7-10,17-18H,1-6,11-14H2,(H,32,45)(H,39,40)(H,41,42)(H,43,44)(H,47,48)(H4,30,31,33,34,46);4-7,14-15,26H,1-3,8-11H2,(H,28,37)(H,33,34)(H,35,36)(H,39,40)(H4,25,27,29,30,38). The Kier molecular flexibility index (Phi) is 24.3. The fourth-order valence-electron chi connectivity index (χ4n) is 9.02. The van der Waals surface area contributed by atoms with E-state index in [4.69, 9.17) is 37.0 Å². The number of aliphatic carboxylic acids is 7. The Bertz CT molecular complexity index is 3410. The number of carbonyl (C=O) groups excluding carboxylic acids is 5. The summed E-state index contributed by atoms with van der Waals surface area (Å²) in [6, 6.07) is 6.97. The van der Waals surface area contributed by atoms with Crippen molar-refractivity contribution in [1.29, 1.82) is 0 Å². The zero-order chi connectivity index (χ0) is 64.9. The summed E-state index contributed by atoms with van der Waals surface area (Å²) in [6.07, 6.45) is -2.95. The number of carbonyl (C=O) groups is 12. The van der Waals surface area contributed by atoms with Gasteiger partial charge in [0, 0.05) is 100 Å². The second-order valence-electron chi connectivity index (χ2n) is 19.7. The van der Waals surface area contributed by atoms with Gasteiger partial charge in [0.25, 0.3) is 22.9 Å². The lowest BCUT2D eigenvalue weighted by Crippen LogP contribution is -2.56. The van der Waals surface area contributed by atoms with Gasteiger partial charge >= 0.3 is 41.8 Å². The number of rotatable bonds is 30. The molecule has 35 nitrogen and oxygen atoms in total. The van der Waals surface area contributed by atoms with Gasteiger partial charge in [-0.2, -0.15) is 9.97 Å². The van der Waals surface area contributed by atoms with Crippen molar-refractivity contribution in [3.05, 3.63) is 80.4 Å². The van der Waals surface area contributed by atoms with Crippen LogP contribution in [0.5, 0.6) is 0 Å². The van der Waals surface area contributed by atoms with Crippen LogP contribution >= 0.6 is 0 Å². The molecule has 0 aliphatic carbocycles. The third-order valence-electron chi connectivity index (χ3n) is 13.3. The highest BCUT2D eigenvalue weighted by Gasteiger charge is 2.38. The fraction of sp³-hybridized carbons (Fsp3) is 0.396. The predicted molar refractivity (Wildman–Crippen MR) is 308 cm³/mol. The third kappa shape index (κ3) is 19.7. The maximum absolute atomic E-state index is 13.5. The fourth-order valence-corrected chi connectivity index (χ4v) is 9.02. The topological polar surface area (TPSA) is 560 Å². The summed E-state index contributed by atoms with van der Waals surface area (Å²) >= 11 is 0. The third-order valence-corrected chi connectivity index (χ3v) is 13.3. The van der Waals surface area contributed by atoms with Crippen LogP contribution in [0.4, 0.5) is 46.3 Å². The molecule has 2 aliphatic heterocycles. The SMILES string of the molecule is Nc1nc2c(c(=O)[nH]1)N(C(=O)CCCC(=O)O)C(CN(C(=O)CCCC(=O)O)c1ccc(C(=O)NC(CCC(=O)O)C(=O)O)cc1)CN2.Nc1nc2c(c(=O)[nH]1)N(C(=O)CCCC(=O)O)C(CNc1ccc(C(=O)NC(CCC(=O)O)C(=O)O)cc1)CN2. The molecule has 88 heavy (non-hydrogen) atoms. The second kappa shape index (κ2) is 31.7. The van der Waals surface area contributed by atoms with Crippen LogP contribution in [0.3, 0.4) is 0 Å². The molecule has 0 radical (unpaired) electrons. The second-order valence-corrected chi connectivity index (χ2v) is 19.7. The van der Waals surface area contributed by atoms with Gasteiger partial charge in [-0.05, 0) is 80.6 Å². The Morgan fingerprint density at radius 3 is 1.33 bits per heavy atom. The van der Waals surface area contributed by atoms with Crippen LogP contribution in [0.25, 0.3) is 0 Å². The number of anilines is 8. The van der Waals surface area contributed by atoms with Gasteiger partial charge in [-0.3, -0.25) is 77.3 Å². The number of amides is 5. The summed E-state index contributed by atoms with van der Waals surface area (Å²) in [6.45, 7) is 0.0885. The molecule has 6 rings (SSSR count). The maximum Gasteiger partial charge on any atom is 0.326 e. The number of H-pyrrole nitrogens is 2. The maximum atomic E-state index is 13.5. The number of hydrogen-bond acceptors (Lipinski definition) is 21. The molecule has 4 atom stereocenters. The van der Waals surface area contributed by atoms with Gasteiger partial charge in [0.05, 0.1) is 12.1 Å². The van der Waals surface area contributed by atoms with Crippen molar-refractivity contribution >= 4 is 118 Å². The number of carboxylic acids is 7. The smallest absolute Gasteiger partial charge is 0.326 e. The zero-order valence-electron chi connectivity index (χ0n) is 46.7. The lowest BCUT2D eigenvalue weighted by molar-refractivity contribution is -0.142.